The SMILES string of the molecule is Cc1cc(F)ccc1-c1ccc(CNCC(C)(C)N(C)C)o1. The molecular weight excluding hydrogens is 279 g/mol. The Morgan fingerprint density at radius 3 is 2.55 bits per heavy atom. The maximum Gasteiger partial charge on any atom is 0.134 e. The van der Waals surface area contributed by atoms with Crippen LogP contribution in [0.1, 0.15) is 25.2 Å². The molecule has 1 heterocycles. The van der Waals surface area contributed by atoms with E-state index in [4.69, 9.17) is 4.42 Å². The minimum absolute atomic E-state index is 0.0863. The van der Waals surface area contributed by atoms with Crippen LogP contribution in [-0.2, 0) is 6.54 Å². The molecule has 0 amide bonds. The van der Waals surface area contributed by atoms with Gasteiger partial charge >= 0.3 is 0 Å². The quantitative estimate of drug-likeness (QED) is 0.879. The highest BCUT2D eigenvalue weighted by Crippen LogP contribution is 2.26. The van der Waals surface area contributed by atoms with Crippen LogP contribution in [0.3, 0.4) is 0 Å². The minimum atomic E-state index is -0.222. The second-order valence-corrected chi connectivity index (χ2v) is 6.54. The number of likely N-dealkylation sites (N-methyl/N-ethyl adjacent to an activating group) is 1. The molecule has 2 aromatic rings. The number of furan rings is 1. The van der Waals surface area contributed by atoms with Crippen molar-refractivity contribution in [3.8, 4) is 11.3 Å². The molecule has 0 bridgehead atoms. The standard InChI is InChI=1S/C18H25FN2O/c1-13-10-14(19)6-8-16(13)17-9-7-15(22-17)11-20-12-18(2,3)21(4)5/h6-10,20H,11-12H2,1-5H3. The highest BCUT2D eigenvalue weighted by Gasteiger charge is 2.19. The Kier molecular flexibility index (Phi) is 5.04. The van der Waals surface area contributed by atoms with E-state index in [-0.39, 0.29) is 11.4 Å². The summed E-state index contributed by atoms with van der Waals surface area (Å²) in [4.78, 5) is 2.19. The van der Waals surface area contributed by atoms with Crippen LogP contribution in [-0.4, -0.2) is 31.1 Å². The first kappa shape index (κ1) is 16.7. The van der Waals surface area contributed by atoms with Crippen molar-refractivity contribution in [2.75, 3.05) is 20.6 Å². The molecule has 0 saturated carbocycles. The summed E-state index contributed by atoms with van der Waals surface area (Å²) < 4.78 is 19.0. The van der Waals surface area contributed by atoms with E-state index in [0.717, 1.165) is 29.2 Å². The Balaban J connectivity index is 2.00. The summed E-state index contributed by atoms with van der Waals surface area (Å²) in [5, 5.41) is 3.42. The van der Waals surface area contributed by atoms with Crippen LogP contribution in [0.15, 0.2) is 34.7 Å². The summed E-state index contributed by atoms with van der Waals surface area (Å²) in [7, 11) is 4.15. The lowest BCUT2D eigenvalue weighted by Gasteiger charge is -2.32. The fourth-order valence-corrected chi connectivity index (χ4v) is 2.17. The molecule has 4 heteroatoms. The van der Waals surface area contributed by atoms with Crippen LogP contribution >= 0.6 is 0 Å². The molecule has 0 spiro atoms. The topological polar surface area (TPSA) is 28.4 Å². The minimum Gasteiger partial charge on any atom is -0.460 e. The van der Waals surface area contributed by atoms with Gasteiger partial charge in [0.25, 0.3) is 0 Å². The van der Waals surface area contributed by atoms with Gasteiger partial charge in [-0.2, -0.15) is 0 Å². The predicted octanol–water partition coefficient (Wildman–Crippen LogP) is 3.82. The van der Waals surface area contributed by atoms with Gasteiger partial charge in [-0.25, -0.2) is 4.39 Å². The molecule has 1 aromatic heterocycles. The van der Waals surface area contributed by atoms with Crippen LogP contribution < -0.4 is 5.32 Å². The van der Waals surface area contributed by atoms with Crippen molar-refractivity contribution in [2.24, 2.45) is 0 Å². The largest absolute Gasteiger partial charge is 0.460 e. The van der Waals surface area contributed by atoms with E-state index < -0.39 is 0 Å². The molecule has 3 nitrogen and oxygen atoms in total. The molecule has 0 unspecified atom stereocenters. The van der Waals surface area contributed by atoms with Gasteiger partial charge in [-0.1, -0.05) is 0 Å². The maximum absolute atomic E-state index is 13.2. The number of aryl methyl sites for hydroxylation is 1. The molecule has 0 radical (unpaired) electrons. The highest BCUT2D eigenvalue weighted by atomic mass is 19.1. The Hall–Kier alpha value is -1.65. The van der Waals surface area contributed by atoms with E-state index in [9.17, 15) is 4.39 Å². The fraction of sp³-hybridized carbons (Fsp3) is 0.444. The molecule has 0 atom stereocenters. The first-order valence-corrected chi connectivity index (χ1v) is 7.53. The zero-order chi connectivity index (χ0) is 16.3. The first-order chi connectivity index (χ1) is 10.3. The summed E-state index contributed by atoms with van der Waals surface area (Å²) in [5.41, 5.74) is 1.90. The smallest absolute Gasteiger partial charge is 0.134 e. The van der Waals surface area contributed by atoms with Crippen LogP contribution in [0.4, 0.5) is 4.39 Å². The van der Waals surface area contributed by atoms with Gasteiger partial charge in [0.1, 0.15) is 17.3 Å². The number of rotatable bonds is 6. The third kappa shape index (κ3) is 3.96. The third-order valence-electron chi connectivity index (χ3n) is 4.18. The van der Waals surface area contributed by atoms with Gasteiger partial charge in [0.2, 0.25) is 0 Å². The summed E-state index contributed by atoms with van der Waals surface area (Å²) in [5.74, 6) is 1.44. The monoisotopic (exact) mass is 304 g/mol. The predicted molar refractivity (Wildman–Crippen MR) is 88.3 cm³/mol. The fourth-order valence-electron chi connectivity index (χ4n) is 2.17. The van der Waals surface area contributed by atoms with Gasteiger partial charge in [0, 0.05) is 17.6 Å². The van der Waals surface area contributed by atoms with Gasteiger partial charge in [-0.15, -0.1) is 0 Å². The van der Waals surface area contributed by atoms with E-state index in [1.165, 1.54) is 12.1 Å². The van der Waals surface area contributed by atoms with Crippen LogP contribution in [0, 0.1) is 12.7 Å². The summed E-state index contributed by atoms with van der Waals surface area (Å²) in [6, 6.07) is 8.65. The average Bonchev–Trinajstić information content (AvgIpc) is 2.87. The Morgan fingerprint density at radius 1 is 1.18 bits per heavy atom. The molecule has 0 aliphatic heterocycles. The lowest BCUT2D eigenvalue weighted by Crippen LogP contribution is -2.46. The molecule has 1 aromatic carbocycles. The molecule has 0 saturated heterocycles. The van der Waals surface area contributed by atoms with Crippen LogP contribution in [0.2, 0.25) is 0 Å². The second-order valence-electron chi connectivity index (χ2n) is 6.54. The third-order valence-corrected chi connectivity index (χ3v) is 4.18. The zero-order valence-electron chi connectivity index (χ0n) is 14.0. The Morgan fingerprint density at radius 2 is 1.91 bits per heavy atom. The van der Waals surface area contributed by atoms with E-state index in [0.29, 0.717) is 6.54 Å². The summed E-state index contributed by atoms with van der Waals surface area (Å²) >= 11 is 0. The Bertz CT molecular complexity index is 632. The van der Waals surface area contributed by atoms with E-state index in [1.54, 1.807) is 6.07 Å². The molecular formula is C18H25FN2O. The number of hydrogen-bond donors (Lipinski definition) is 1. The normalized spacial score (nSPS) is 12.1. The van der Waals surface area contributed by atoms with E-state index in [2.05, 4.69) is 38.2 Å². The molecule has 0 fully saturated rings. The summed E-state index contributed by atoms with van der Waals surface area (Å²) in [6.07, 6.45) is 0. The van der Waals surface area contributed by atoms with Crippen molar-refractivity contribution < 1.29 is 8.81 Å². The number of benzene rings is 1. The van der Waals surface area contributed by atoms with Crippen molar-refractivity contribution in [1.29, 1.82) is 0 Å². The first-order valence-electron chi connectivity index (χ1n) is 7.53. The Labute approximate surface area is 132 Å². The van der Waals surface area contributed by atoms with E-state index >= 15 is 0 Å². The van der Waals surface area contributed by atoms with Crippen LogP contribution in [0.25, 0.3) is 11.3 Å². The molecule has 2 rings (SSSR count). The van der Waals surface area contributed by atoms with Gasteiger partial charge in [-0.3, -0.25) is 0 Å². The van der Waals surface area contributed by atoms with Gasteiger partial charge < -0.3 is 14.6 Å². The van der Waals surface area contributed by atoms with Crippen molar-refractivity contribution in [3.63, 3.8) is 0 Å². The molecule has 120 valence electrons. The summed E-state index contributed by atoms with van der Waals surface area (Å²) in [6.45, 7) is 7.81. The van der Waals surface area contributed by atoms with E-state index in [1.807, 2.05) is 19.1 Å². The van der Waals surface area contributed by atoms with Crippen LogP contribution in [0.5, 0.6) is 0 Å². The number of nitrogens with one attached hydrogen (secondary N) is 1. The zero-order valence-corrected chi connectivity index (χ0v) is 14.0. The lowest BCUT2D eigenvalue weighted by atomic mass is 10.0. The molecule has 22 heavy (non-hydrogen) atoms. The van der Waals surface area contributed by atoms with Crippen molar-refractivity contribution in [3.05, 3.63) is 47.5 Å². The van der Waals surface area contributed by atoms with Crippen molar-refractivity contribution in [2.45, 2.75) is 32.9 Å². The second kappa shape index (κ2) is 6.63. The van der Waals surface area contributed by atoms with Gasteiger partial charge in [-0.05, 0) is 70.8 Å². The maximum atomic E-state index is 13.2. The van der Waals surface area contributed by atoms with Gasteiger partial charge in [0.15, 0.2) is 0 Å². The van der Waals surface area contributed by atoms with Crippen molar-refractivity contribution >= 4 is 0 Å². The molecule has 0 aliphatic rings. The molecule has 0 aliphatic carbocycles. The highest BCUT2D eigenvalue weighted by molar-refractivity contribution is 5.62. The lowest BCUT2D eigenvalue weighted by molar-refractivity contribution is 0.188. The average molecular weight is 304 g/mol. The number of nitrogens with zero attached hydrogens (tertiary/aromatic N) is 1. The number of halogens is 1. The number of hydrogen-bond acceptors (Lipinski definition) is 3. The van der Waals surface area contributed by atoms with Crippen molar-refractivity contribution in [1.82, 2.24) is 10.2 Å². The molecule has 1 N–H and O–H groups in total. The van der Waals surface area contributed by atoms with Gasteiger partial charge in [0.05, 0.1) is 6.54 Å².